The fourth-order valence-corrected chi connectivity index (χ4v) is 4.42. The number of benzene rings is 5. The highest BCUT2D eigenvalue weighted by Gasteiger charge is 2.07. The molecule has 1 nitrogen and oxygen atoms in total. The topological polar surface area (TPSA) is 12.9 Å². The Morgan fingerprint density at radius 3 is 2.00 bits per heavy atom. The van der Waals surface area contributed by atoms with Gasteiger partial charge in [-0.2, -0.15) is 0 Å². The summed E-state index contributed by atoms with van der Waals surface area (Å²) in [7, 11) is 0. The van der Waals surface area contributed by atoms with Gasteiger partial charge < -0.3 is 0 Å². The first-order valence-electron chi connectivity index (χ1n) is 11.0. The van der Waals surface area contributed by atoms with Gasteiger partial charge >= 0.3 is 0 Å². The van der Waals surface area contributed by atoms with Crippen LogP contribution in [0.1, 0.15) is 0 Å². The first kappa shape index (κ1) is 19.4. The highest BCUT2D eigenvalue weighted by Crippen LogP contribution is 2.31. The molecule has 0 bridgehead atoms. The zero-order chi connectivity index (χ0) is 22.2. The number of pyridine rings is 1. The molecule has 0 spiro atoms. The molecule has 2 heteroatoms. The van der Waals surface area contributed by atoms with E-state index in [1.807, 2.05) is 6.20 Å². The molecule has 0 aliphatic heterocycles. The number of aromatic nitrogens is 1. The van der Waals surface area contributed by atoms with Gasteiger partial charge in [-0.15, -0.1) is 0 Å². The van der Waals surface area contributed by atoms with Gasteiger partial charge in [-0.25, -0.2) is 4.39 Å². The van der Waals surface area contributed by atoms with Crippen LogP contribution >= 0.6 is 0 Å². The highest BCUT2D eigenvalue weighted by atomic mass is 19.1. The van der Waals surface area contributed by atoms with Gasteiger partial charge in [0.1, 0.15) is 5.82 Å². The molecule has 0 radical (unpaired) electrons. The molecule has 0 unspecified atom stereocenters. The lowest BCUT2D eigenvalue weighted by Gasteiger charge is -2.09. The van der Waals surface area contributed by atoms with Gasteiger partial charge in [0.15, 0.2) is 0 Å². The molecular formula is C31H20FN. The minimum absolute atomic E-state index is 0.228. The number of hydrogen-bond acceptors (Lipinski definition) is 1. The summed E-state index contributed by atoms with van der Waals surface area (Å²) < 4.78 is 13.2. The van der Waals surface area contributed by atoms with E-state index < -0.39 is 0 Å². The predicted molar refractivity (Wildman–Crippen MR) is 136 cm³/mol. The minimum Gasteiger partial charge on any atom is -0.256 e. The number of fused-ring (bicyclic) bond motifs is 2. The van der Waals surface area contributed by atoms with E-state index in [0.717, 1.165) is 33.2 Å². The number of hydrogen-bond donors (Lipinski definition) is 0. The lowest BCUT2D eigenvalue weighted by Crippen LogP contribution is -1.86. The average molecular weight is 426 g/mol. The molecule has 33 heavy (non-hydrogen) atoms. The van der Waals surface area contributed by atoms with E-state index in [4.69, 9.17) is 4.98 Å². The molecule has 0 amide bonds. The molecule has 0 saturated carbocycles. The third kappa shape index (κ3) is 3.66. The molecule has 0 aliphatic rings. The number of halogens is 1. The summed E-state index contributed by atoms with van der Waals surface area (Å²) in [5.41, 5.74) is 7.60. The van der Waals surface area contributed by atoms with Crippen molar-refractivity contribution in [3.8, 4) is 33.4 Å². The van der Waals surface area contributed by atoms with Crippen LogP contribution in [0.25, 0.3) is 55.1 Å². The van der Waals surface area contributed by atoms with Crippen LogP contribution in [0, 0.1) is 5.82 Å². The summed E-state index contributed by atoms with van der Waals surface area (Å²) in [5, 5.41) is 3.59. The molecule has 1 aromatic heterocycles. The second kappa shape index (κ2) is 7.99. The minimum atomic E-state index is -0.228. The van der Waals surface area contributed by atoms with Gasteiger partial charge in [0, 0.05) is 17.1 Å². The van der Waals surface area contributed by atoms with Gasteiger partial charge in [0.25, 0.3) is 0 Å². The molecule has 6 rings (SSSR count). The standard InChI is InChI=1S/C31H20FN/c32-28-16-14-21(15-17-28)25-12-13-26-18-27(20-33-31(26)19-25)22-8-10-24(11-9-22)30-7-3-5-23-4-1-2-6-29(23)30/h1-20H. The molecule has 0 atom stereocenters. The first-order chi connectivity index (χ1) is 16.2. The Balaban J connectivity index is 1.33. The van der Waals surface area contributed by atoms with Crippen molar-refractivity contribution in [2.24, 2.45) is 0 Å². The van der Waals surface area contributed by atoms with Crippen LogP contribution in [-0.2, 0) is 0 Å². The second-order valence-corrected chi connectivity index (χ2v) is 8.24. The Morgan fingerprint density at radius 1 is 0.485 bits per heavy atom. The van der Waals surface area contributed by atoms with E-state index in [9.17, 15) is 4.39 Å². The molecule has 156 valence electrons. The fourth-order valence-electron chi connectivity index (χ4n) is 4.42. The van der Waals surface area contributed by atoms with Crippen LogP contribution in [0.3, 0.4) is 0 Å². The van der Waals surface area contributed by atoms with E-state index in [-0.39, 0.29) is 5.82 Å². The molecule has 0 fully saturated rings. The summed E-state index contributed by atoms with van der Waals surface area (Å²) in [6.07, 6.45) is 1.92. The quantitative estimate of drug-likeness (QED) is 0.277. The predicted octanol–water partition coefficient (Wildman–Crippen LogP) is 8.53. The van der Waals surface area contributed by atoms with E-state index in [1.165, 1.54) is 34.0 Å². The van der Waals surface area contributed by atoms with Crippen LogP contribution in [-0.4, -0.2) is 4.98 Å². The molecule has 1 heterocycles. The highest BCUT2D eigenvalue weighted by molar-refractivity contribution is 5.97. The Labute approximate surface area is 191 Å². The zero-order valence-electron chi connectivity index (χ0n) is 17.9. The zero-order valence-corrected chi connectivity index (χ0v) is 17.9. The molecule has 6 aromatic rings. The number of nitrogens with zero attached hydrogens (tertiary/aromatic N) is 1. The van der Waals surface area contributed by atoms with Crippen molar-refractivity contribution < 1.29 is 4.39 Å². The maximum atomic E-state index is 13.2. The van der Waals surface area contributed by atoms with Crippen LogP contribution in [0.4, 0.5) is 4.39 Å². The maximum absolute atomic E-state index is 13.2. The van der Waals surface area contributed by atoms with Crippen molar-refractivity contribution >= 4 is 21.7 Å². The Kier molecular flexibility index (Phi) is 4.70. The van der Waals surface area contributed by atoms with Crippen LogP contribution in [0.2, 0.25) is 0 Å². The lowest BCUT2D eigenvalue weighted by molar-refractivity contribution is 0.628. The van der Waals surface area contributed by atoms with Crippen LogP contribution < -0.4 is 0 Å². The van der Waals surface area contributed by atoms with E-state index in [1.54, 1.807) is 12.1 Å². The fraction of sp³-hybridized carbons (Fsp3) is 0. The summed E-state index contributed by atoms with van der Waals surface area (Å²) >= 11 is 0. The lowest BCUT2D eigenvalue weighted by atomic mass is 9.96. The van der Waals surface area contributed by atoms with Gasteiger partial charge in [-0.3, -0.25) is 4.98 Å². The number of rotatable bonds is 3. The SMILES string of the molecule is Fc1ccc(-c2ccc3cc(-c4ccc(-c5cccc6ccccc56)cc4)cnc3c2)cc1. The van der Waals surface area contributed by atoms with Crippen molar-refractivity contribution in [1.29, 1.82) is 0 Å². The third-order valence-corrected chi connectivity index (χ3v) is 6.18. The van der Waals surface area contributed by atoms with Crippen molar-refractivity contribution in [2.45, 2.75) is 0 Å². The van der Waals surface area contributed by atoms with E-state index in [0.29, 0.717) is 0 Å². The molecule has 0 N–H and O–H groups in total. The third-order valence-electron chi connectivity index (χ3n) is 6.18. The molecular weight excluding hydrogens is 405 g/mol. The van der Waals surface area contributed by atoms with Crippen molar-refractivity contribution in [1.82, 2.24) is 4.98 Å². The summed E-state index contributed by atoms with van der Waals surface area (Å²) in [5.74, 6) is -0.228. The van der Waals surface area contributed by atoms with Gasteiger partial charge in [-0.05, 0) is 62.9 Å². The van der Waals surface area contributed by atoms with Gasteiger partial charge in [0.05, 0.1) is 5.52 Å². The second-order valence-electron chi connectivity index (χ2n) is 8.24. The van der Waals surface area contributed by atoms with E-state index in [2.05, 4.69) is 91.0 Å². The average Bonchev–Trinajstić information content (AvgIpc) is 2.88. The van der Waals surface area contributed by atoms with Gasteiger partial charge in [0.2, 0.25) is 0 Å². The summed E-state index contributed by atoms with van der Waals surface area (Å²) in [4.78, 5) is 4.71. The maximum Gasteiger partial charge on any atom is 0.123 e. The molecule has 0 saturated heterocycles. The summed E-state index contributed by atoms with van der Waals surface area (Å²) in [6, 6.07) is 38.5. The van der Waals surface area contributed by atoms with E-state index >= 15 is 0 Å². The van der Waals surface area contributed by atoms with Crippen molar-refractivity contribution in [3.05, 3.63) is 127 Å². The Bertz CT molecular complexity index is 1590. The normalized spacial score (nSPS) is 11.2. The van der Waals surface area contributed by atoms with Crippen LogP contribution in [0.5, 0.6) is 0 Å². The monoisotopic (exact) mass is 425 g/mol. The largest absolute Gasteiger partial charge is 0.256 e. The molecule has 0 aliphatic carbocycles. The molecule has 5 aromatic carbocycles. The van der Waals surface area contributed by atoms with Crippen molar-refractivity contribution in [2.75, 3.05) is 0 Å². The smallest absolute Gasteiger partial charge is 0.123 e. The first-order valence-corrected chi connectivity index (χ1v) is 11.0. The van der Waals surface area contributed by atoms with Crippen molar-refractivity contribution in [3.63, 3.8) is 0 Å². The van der Waals surface area contributed by atoms with Gasteiger partial charge in [-0.1, -0.05) is 91.0 Å². The Morgan fingerprint density at radius 2 is 1.15 bits per heavy atom. The van der Waals surface area contributed by atoms with Crippen LogP contribution in [0.15, 0.2) is 121 Å². The Hall–Kier alpha value is -4.30. The summed E-state index contributed by atoms with van der Waals surface area (Å²) in [6.45, 7) is 0.